The minimum absolute atomic E-state index is 0.193. The van der Waals surface area contributed by atoms with Gasteiger partial charge in [-0.2, -0.15) is 16.8 Å². The Labute approximate surface area is 92.2 Å². The van der Waals surface area contributed by atoms with Crippen molar-refractivity contribution in [3.8, 4) is 0 Å². The maximum Gasteiger partial charge on any atom is 0.302 e. The van der Waals surface area contributed by atoms with E-state index in [0.717, 1.165) is 4.90 Å². The van der Waals surface area contributed by atoms with Crippen molar-refractivity contribution in [2.75, 3.05) is 18.2 Å². The zero-order valence-corrected chi connectivity index (χ0v) is 9.67. The molecule has 1 amide bonds. The smallest absolute Gasteiger partial charge is 0.302 e. The average Bonchev–Trinajstić information content (AvgIpc) is 2.23. The molecule has 1 rings (SSSR count). The topological polar surface area (TPSA) is 109 Å². The summed E-state index contributed by atoms with van der Waals surface area (Å²) in [6.07, 6.45) is -0.237. The number of nitrogens with zero attached hydrogens (tertiary/aromatic N) is 1. The first kappa shape index (κ1) is 13.3. The van der Waals surface area contributed by atoms with Gasteiger partial charge < -0.3 is 4.90 Å². The van der Waals surface area contributed by atoms with Gasteiger partial charge in [0.1, 0.15) is 5.88 Å². The second-order valence-corrected chi connectivity index (χ2v) is 6.44. The van der Waals surface area contributed by atoms with Crippen LogP contribution in [0.2, 0.25) is 0 Å². The third kappa shape index (κ3) is 4.41. The number of carbonyl (C=O) groups excluding carboxylic acids is 1. The Morgan fingerprint density at radius 1 is 1.38 bits per heavy atom. The van der Waals surface area contributed by atoms with Gasteiger partial charge in [0.05, 0.1) is 5.75 Å². The number of halogens is 1. The van der Waals surface area contributed by atoms with Crippen molar-refractivity contribution in [1.82, 2.24) is 4.90 Å². The SMILES string of the molecule is O=C1CC(CS(=O)(=O)F)CN1CS(=O)(=O)O. The van der Waals surface area contributed by atoms with Gasteiger partial charge in [-0.05, 0) is 0 Å². The van der Waals surface area contributed by atoms with E-state index >= 15 is 0 Å². The fraction of sp³-hybridized carbons (Fsp3) is 0.833. The summed E-state index contributed by atoms with van der Waals surface area (Å²) in [5.41, 5.74) is 0. The van der Waals surface area contributed by atoms with Crippen LogP contribution in [0.15, 0.2) is 0 Å². The summed E-state index contributed by atoms with van der Waals surface area (Å²) in [5, 5.41) is 0. The summed E-state index contributed by atoms with van der Waals surface area (Å²) in [7, 11) is -9.03. The van der Waals surface area contributed by atoms with E-state index in [1.54, 1.807) is 0 Å². The molecule has 0 aromatic rings. The normalized spacial score (nSPS) is 22.8. The molecule has 1 aliphatic heterocycles. The van der Waals surface area contributed by atoms with Crippen molar-refractivity contribution in [3.63, 3.8) is 0 Å². The van der Waals surface area contributed by atoms with Crippen LogP contribution in [0.4, 0.5) is 3.89 Å². The van der Waals surface area contributed by atoms with Crippen LogP contribution < -0.4 is 0 Å². The summed E-state index contributed by atoms with van der Waals surface area (Å²) >= 11 is 0. The summed E-state index contributed by atoms with van der Waals surface area (Å²) in [4.78, 5) is 12.0. The highest BCUT2D eigenvalue weighted by molar-refractivity contribution is 7.86. The van der Waals surface area contributed by atoms with E-state index in [1.807, 2.05) is 0 Å². The molecule has 0 saturated carbocycles. The number of carbonyl (C=O) groups is 1. The second-order valence-electron chi connectivity index (χ2n) is 3.60. The van der Waals surface area contributed by atoms with Crippen molar-refractivity contribution in [3.05, 3.63) is 0 Å². The number of likely N-dealkylation sites (tertiary alicyclic amines) is 1. The zero-order valence-electron chi connectivity index (χ0n) is 8.04. The van der Waals surface area contributed by atoms with Crippen LogP contribution in [0.3, 0.4) is 0 Å². The van der Waals surface area contributed by atoms with Gasteiger partial charge in [-0.15, -0.1) is 3.89 Å². The lowest BCUT2D eigenvalue weighted by molar-refractivity contribution is -0.127. The van der Waals surface area contributed by atoms with Gasteiger partial charge >= 0.3 is 10.2 Å². The van der Waals surface area contributed by atoms with Crippen LogP contribution >= 0.6 is 0 Å². The van der Waals surface area contributed by atoms with E-state index in [-0.39, 0.29) is 13.0 Å². The average molecular weight is 275 g/mol. The third-order valence-electron chi connectivity index (χ3n) is 2.05. The fourth-order valence-corrected chi connectivity index (χ4v) is 3.00. The molecule has 1 atom stereocenters. The molecule has 7 nitrogen and oxygen atoms in total. The molecule has 1 saturated heterocycles. The molecule has 0 spiro atoms. The van der Waals surface area contributed by atoms with E-state index < -0.39 is 43.8 Å². The largest absolute Gasteiger partial charge is 0.326 e. The lowest BCUT2D eigenvalue weighted by Crippen LogP contribution is -2.31. The van der Waals surface area contributed by atoms with Crippen LogP contribution in [0.25, 0.3) is 0 Å². The molecule has 0 aromatic carbocycles. The molecule has 16 heavy (non-hydrogen) atoms. The molecule has 94 valence electrons. The van der Waals surface area contributed by atoms with E-state index in [0.29, 0.717) is 0 Å². The van der Waals surface area contributed by atoms with Crippen LogP contribution in [0.5, 0.6) is 0 Å². The van der Waals surface area contributed by atoms with Gasteiger partial charge in [0.25, 0.3) is 10.1 Å². The van der Waals surface area contributed by atoms with E-state index in [1.165, 1.54) is 0 Å². The molecule has 0 aromatic heterocycles. The van der Waals surface area contributed by atoms with Gasteiger partial charge in [0.15, 0.2) is 0 Å². The molecule has 0 bridgehead atoms. The Morgan fingerprint density at radius 2 is 1.94 bits per heavy atom. The molecular formula is C6H10FNO6S2. The Bertz CT molecular complexity index is 483. The Balaban J connectivity index is 2.65. The van der Waals surface area contributed by atoms with Gasteiger partial charge in [-0.1, -0.05) is 0 Å². The Kier molecular flexibility index (Phi) is 3.55. The number of hydrogen-bond acceptors (Lipinski definition) is 5. The van der Waals surface area contributed by atoms with Crippen molar-refractivity contribution < 1.29 is 30.1 Å². The summed E-state index contributed by atoms with van der Waals surface area (Å²) < 4.78 is 62.4. The van der Waals surface area contributed by atoms with Gasteiger partial charge in [-0.3, -0.25) is 9.35 Å². The summed E-state index contributed by atoms with van der Waals surface area (Å²) in [6.45, 7) is -0.193. The maximum atomic E-state index is 12.3. The quantitative estimate of drug-likeness (QED) is 0.519. The first-order valence-electron chi connectivity index (χ1n) is 4.22. The highest BCUT2D eigenvalue weighted by Gasteiger charge is 2.34. The molecule has 0 aliphatic carbocycles. The number of hydrogen-bond donors (Lipinski definition) is 1. The summed E-state index contributed by atoms with van der Waals surface area (Å²) in [6, 6.07) is 0. The zero-order chi connectivity index (χ0) is 12.6. The van der Waals surface area contributed by atoms with Crippen molar-refractivity contribution in [2.24, 2.45) is 5.92 Å². The molecule has 1 fully saturated rings. The van der Waals surface area contributed by atoms with Crippen LogP contribution in [-0.2, 0) is 25.1 Å². The monoisotopic (exact) mass is 275 g/mol. The Hall–Kier alpha value is -0.740. The molecule has 1 heterocycles. The van der Waals surface area contributed by atoms with E-state index in [9.17, 15) is 25.5 Å². The minimum atomic E-state index is -4.69. The Morgan fingerprint density at radius 3 is 2.38 bits per heavy atom. The highest BCUT2D eigenvalue weighted by atomic mass is 32.3. The summed E-state index contributed by atoms with van der Waals surface area (Å²) in [5.74, 6) is -3.11. The first-order valence-corrected chi connectivity index (χ1v) is 7.38. The van der Waals surface area contributed by atoms with Crippen molar-refractivity contribution >= 4 is 26.2 Å². The fourth-order valence-electron chi connectivity index (χ4n) is 1.57. The third-order valence-corrected chi connectivity index (χ3v) is 3.56. The molecular weight excluding hydrogens is 265 g/mol. The lowest BCUT2D eigenvalue weighted by atomic mass is 10.1. The second kappa shape index (κ2) is 4.26. The molecule has 1 aliphatic rings. The number of amides is 1. The lowest BCUT2D eigenvalue weighted by Gasteiger charge is -2.13. The predicted octanol–water partition coefficient (Wildman–Crippen LogP) is -1.02. The van der Waals surface area contributed by atoms with E-state index in [2.05, 4.69) is 0 Å². The minimum Gasteiger partial charge on any atom is -0.326 e. The van der Waals surface area contributed by atoms with Crippen LogP contribution in [0, 0.1) is 5.92 Å². The van der Waals surface area contributed by atoms with Gasteiger partial charge in [0.2, 0.25) is 5.91 Å². The van der Waals surface area contributed by atoms with Gasteiger partial charge in [0, 0.05) is 18.9 Å². The molecule has 10 heteroatoms. The molecule has 1 unspecified atom stereocenters. The highest BCUT2D eigenvalue weighted by Crippen LogP contribution is 2.20. The van der Waals surface area contributed by atoms with E-state index in [4.69, 9.17) is 4.55 Å². The van der Waals surface area contributed by atoms with Crippen molar-refractivity contribution in [1.29, 1.82) is 0 Å². The van der Waals surface area contributed by atoms with Crippen LogP contribution in [0.1, 0.15) is 6.42 Å². The first-order chi connectivity index (χ1) is 7.07. The molecule has 1 N–H and O–H groups in total. The predicted molar refractivity (Wildman–Crippen MR) is 51.1 cm³/mol. The standard InChI is InChI=1S/C6H10FNO6S2/c7-15(10,11)3-5-1-6(9)8(2-5)4-16(12,13)14/h5H,1-4H2,(H,12,13,14). The van der Waals surface area contributed by atoms with Crippen LogP contribution in [-0.4, -0.2) is 50.4 Å². The molecule has 0 radical (unpaired) electrons. The van der Waals surface area contributed by atoms with Gasteiger partial charge in [-0.25, -0.2) is 0 Å². The maximum absolute atomic E-state index is 12.3. The number of rotatable bonds is 4. The van der Waals surface area contributed by atoms with Crippen molar-refractivity contribution in [2.45, 2.75) is 6.42 Å².